The van der Waals surface area contributed by atoms with Gasteiger partial charge in [-0.3, -0.25) is 4.79 Å². The zero-order valence-corrected chi connectivity index (χ0v) is 18.3. The van der Waals surface area contributed by atoms with Crippen molar-refractivity contribution in [1.29, 1.82) is 5.26 Å². The second kappa shape index (κ2) is 10.1. The molecule has 0 bridgehead atoms. The van der Waals surface area contributed by atoms with Crippen LogP contribution in [0, 0.1) is 17.1 Å². The van der Waals surface area contributed by atoms with Crippen LogP contribution in [0.1, 0.15) is 41.7 Å². The molecule has 0 aliphatic carbocycles. The zero-order chi connectivity index (χ0) is 25.0. The lowest BCUT2D eigenvalue weighted by molar-refractivity contribution is -0.274. The molecule has 0 radical (unpaired) electrons. The van der Waals surface area contributed by atoms with Gasteiger partial charge in [-0.25, -0.2) is 4.39 Å². The van der Waals surface area contributed by atoms with E-state index in [1.807, 2.05) is 6.07 Å². The highest BCUT2D eigenvalue weighted by atomic mass is 19.4. The van der Waals surface area contributed by atoms with Crippen molar-refractivity contribution in [3.05, 3.63) is 95.3 Å². The van der Waals surface area contributed by atoms with Gasteiger partial charge in [-0.2, -0.15) is 5.26 Å². The van der Waals surface area contributed by atoms with Gasteiger partial charge in [0.15, 0.2) is 0 Å². The highest BCUT2D eigenvalue weighted by Crippen LogP contribution is 2.40. The summed E-state index contributed by atoms with van der Waals surface area (Å²) in [4.78, 5) is 14.4. The molecule has 0 spiro atoms. The lowest BCUT2D eigenvalue weighted by Crippen LogP contribution is -2.36. The predicted octanol–water partition coefficient (Wildman–Crippen LogP) is 6.08. The van der Waals surface area contributed by atoms with Crippen molar-refractivity contribution >= 4 is 5.91 Å². The summed E-state index contributed by atoms with van der Waals surface area (Å²) < 4.78 is 61.9. The second-order valence-electron chi connectivity index (χ2n) is 7.98. The summed E-state index contributed by atoms with van der Waals surface area (Å²) in [6, 6.07) is 18.6. The third-order valence-electron chi connectivity index (χ3n) is 5.63. The summed E-state index contributed by atoms with van der Waals surface area (Å²) >= 11 is 0. The van der Waals surface area contributed by atoms with E-state index < -0.39 is 30.1 Å². The average molecular weight is 484 g/mol. The van der Waals surface area contributed by atoms with Crippen LogP contribution >= 0.6 is 0 Å². The molecule has 180 valence electrons. The maximum atomic E-state index is 13.7. The molecule has 2 atom stereocenters. The zero-order valence-electron chi connectivity index (χ0n) is 18.3. The molecule has 0 unspecified atom stereocenters. The monoisotopic (exact) mass is 484 g/mol. The Labute approximate surface area is 199 Å². The van der Waals surface area contributed by atoms with E-state index in [1.54, 1.807) is 41.3 Å². The molecule has 1 fully saturated rings. The molecule has 3 aromatic rings. The Morgan fingerprint density at radius 3 is 2.03 bits per heavy atom. The van der Waals surface area contributed by atoms with Crippen LogP contribution in [0.5, 0.6) is 11.5 Å². The van der Waals surface area contributed by atoms with Crippen molar-refractivity contribution in [2.75, 3.05) is 6.54 Å². The smallest absolute Gasteiger partial charge is 0.483 e. The number of ether oxygens (including phenoxy) is 2. The van der Waals surface area contributed by atoms with E-state index in [4.69, 9.17) is 10.00 Å². The molecular weight excluding hydrogens is 464 g/mol. The molecule has 1 aliphatic rings. The van der Waals surface area contributed by atoms with E-state index in [9.17, 15) is 22.4 Å². The first-order chi connectivity index (χ1) is 16.7. The van der Waals surface area contributed by atoms with Gasteiger partial charge < -0.3 is 14.4 Å². The number of carbonyl (C=O) groups excluding carboxylic acids is 1. The van der Waals surface area contributed by atoms with Crippen LogP contribution < -0.4 is 9.47 Å². The van der Waals surface area contributed by atoms with Crippen LogP contribution in [0.2, 0.25) is 0 Å². The lowest BCUT2D eigenvalue weighted by Gasteiger charge is -2.35. The number of benzene rings is 3. The van der Waals surface area contributed by atoms with Crippen LogP contribution in [0.25, 0.3) is 0 Å². The van der Waals surface area contributed by atoms with Crippen LogP contribution in [-0.2, 0) is 4.79 Å². The SMILES string of the molecule is N#Cc1ccc(O[C@H](c2ccc(OC(F)(F)F)cc2)[C@H](c2ccc(F)cc2)N2CCCC2=O)cc1. The minimum Gasteiger partial charge on any atom is -0.483 e. The largest absolute Gasteiger partial charge is 0.573 e. The van der Waals surface area contributed by atoms with Gasteiger partial charge in [0.25, 0.3) is 0 Å². The summed E-state index contributed by atoms with van der Waals surface area (Å²) in [6.07, 6.45) is -4.70. The molecule has 0 saturated carbocycles. The van der Waals surface area contributed by atoms with Crippen molar-refractivity contribution in [2.24, 2.45) is 0 Å². The number of halogens is 4. The van der Waals surface area contributed by atoms with Gasteiger partial charge in [0.2, 0.25) is 5.91 Å². The minimum atomic E-state index is -4.83. The van der Waals surface area contributed by atoms with Gasteiger partial charge in [0, 0.05) is 13.0 Å². The number of rotatable bonds is 7. The molecule has 1 aliphatic heterocycles. The Kier molecular flexibility index (Phi) is 6.92. The first kappa shape index (κ1) is 24.1. The fourth-order valence-electron chi connectivity index (χ4n) is 4.07. The number of amides is 1. The van der Waals surface area contributed by atoms with Crippen molar-refractivity contribution in [3.63, 3.8) is 0 Å². The van der Waals surface area contributed by atoms with Gasteiger partial charge in [0.05, 0.1) is 17.7 Å². The number of hydrogen-bond acceptors (Lipinski definition) is 4. The Bertz CT molecular complexity index is 1200. The minimum absolute atomic E-state index is 0.107. The highest BCUT2D eigenvalue weighted by Gasteiger charge is 2.37. The van der Waals surface area contributed by atoms with Crippen LogP contribution in [-0.4, -0.2) is 23.7 Å². The Morgan fingerprint density at radius 1 is 0.886 bits per heavy atom. The molecule has 9 heteroatoms. The summed E-state index contributed by atoms with van der Waals surface area (Å²) in [6.45, 7) is 0.448. The van der Waals surface area contributed by atoms with Crippen LogP contribution in [0.4, 0.5) is 17.6 Å². The molecule has 5 nitrogen and oxygen atoms in total. The molecule has 0 N–H and O–H groups in total. The summed E-state index contributed by atoms with van der Waals surface area (Å²) in [7, 11) is 0. The molecule has 4 rings (SSSR count). The van der Waals surface area contributed by atoms with E-state index in [2.05, 4.69) is 4.74 Å². The second-order valence-corrected chi connectivity index (χ2v) is 7.98. The highest BCUT2D eigenvalue weighted by molar-refractivity contribution is 5.78. The first-order valence-corrected chi connectivity index (χ1v) is 10.8. The molecule has 3 aromatic carbocycles. The molecule has 1 amide bonds. The number of nitriles is 1. The van der Waals surface area contributed by atoms with Crippen molar-refractivity contribution < 1.29 is 31.8 Å². The average Bonchev–Trinajstić information content (AvgIpc) is 3.25. The first-order valence-electron chi connectivity index (χ1n) is 10.8. The molecular formula is C26H20F4N2O3. The Morgan fingerprint density at radius 2 is 1.49 bits per heavy atom. The van der Waals surface area contributed by atoms with Crippen LogP contribution in [0.15, 0.2) is 72.8 Å². The fourth-order valence-corrected chi connectivity index (χ4v) is 4.07. The van der Waals surface area contributed by atoms with Gasteiger partial charge in [-0.05, 0) is 66.1 Å². The topological polar surface area (TPSA) is 62.6 Å². The van der Waals surface area contributed by atoms with Crippen LogP contribution in [0.3, 0.4) is 0 Å². The summed E-state index contributed by atoms with van der Waals surface area (Å²) in [5.74, 6) is -0.555. The predicted molar refractivity (Wildman–Crippen MR) is 118 cm³/mol. The third-order valence-corrected chi connectivity index (χ3v) is 5.63. The molecule has 35 heavy (non-hydrogen) atoms. The quantitative estimate of drug-likeness (QED) is 0.382. The summed E-state index contributed by atoms with van der Waals surface area (Å²) in [5, 5.41) is 9.07. The third kappa shape index (κ3) is 5.90. The Balaban J connectivity index is 1.77. The van der Waals surface area contributed by atoms with Gasteiger partial charge in [0.1, 0.15) is 23.4 Å². The molecule has 1 saturated heterocycles. The normalized spacial score (nSPS) is 15.4. The number of alkyl halides is 3. The van der Waals surface area contributed by atoms with Crippen molar-refractivity contribution in [2.45, 2.75) is 31.3 Å². The maximum absolute atomic E-state index is 13.7. The number of carbonyl (C=O) groups is 1. The summed E-state index contributed by atoms with van der Waals surface area (Å²) in [5.41, 5.74) is 1.51. The van der Waals surface area contributed by atoms with E-state index >= 15 is 0 Å². The Hall–Kier alpha value is -4.06. The van der Waals surface area contributed by atoms with E-state index in [0.29, 0.717) is 41.8 Å². The van der Waals surface area contributed by atoms with Gasteiger partial charge in [-0.1, -0.05) is 24.3 Å². The molecule has 0 aromatic heterocycles. The number of likely N-dealkylation sites (tertiary alicyclic amines) is 1. The maximum Gasteiger partial charge on any atom is 0.573 e. The van der Waals surface area contributed by atoms with Crippen molar-refractivity contribution in [3.8, 4) is 17.6 Å². The lowest BCUT2D eigenvalue weighted by atomic mass is 9.94. The molecule has 1 heterocycles. The fraction of sp³-hybridized carbons (Fsp3) is 0.231. The van der Waals surface area contributed by atoms with E-state index in [0.717, 1.165) is 0 Å². The number of hydrogen-bond donors (Lipinski definition) is 0. The van der Waals surface area contributed by atoms with Crippen molar-refractivity contribution in [1.82, 2.24) is 4.90 Å². The van der Waals surface area contributed by atoms with E-state index in [-0.39, 0.29) is 5.91 Å². The van der Waals surface area contributed by atoms with E-state index in [1.165, 1.54) is 36.4 Å². The van der Waals surface area contributed by atoms with Gasteiger partial charge >= 0.3 is 6.36 Å². The van der Waals surface area contributed by atoms with Gasteiger partial charge in [-0.15, -0.1) is 13.2 Å². The number of nitrogens with zero attached hydrogens (tertiary/aromatic N) is 2. The standard InChI is InChI=1S/C26H20F4N2O3/c27-20-9-5-18(6-10-20)24(32-15-1-2-23(32)33)25(34-21-11-3-17(16-31)4-12-21)19-7-13-22(14-8-19)35-26(28,29)30/h3-14,24-25H,1-2,15H2/t24-,25+/m0/s1.